The highest BCUT2D eigenvalue weighted by atomic mass is 19.1. The average molecular weight is 260 g/mol. The number of benzene rings is 1. The highest BCUT2D eigenvalue weighted by Crippen LogP contribution is 2.18. The summed E-state index contributed by atoms with van der Waals surface area (Å²) in [5.74, 6) is -0.783. The number of amides is 1. The molecule has 1 heterocycles. The lowest BCUT2D eigenvalue weighted by Crippen LogP contribution is -2.15. The van der Waals surface area contributed by atoms with E-state index >= 15 is 0 Å². The molecule has 0 aliphatic rings. The van der Waals surface area contributed by atoms with Crippen LogP contribution in [0.5, 0.6) is 0 Å². The summed E-state index contributed by atoms with van der Waals surface area (Å²) in [4.78, 5) is 15.5. The molecule has 1 unspecified atom stereocenters. The molecule has 1 amide bonds. The molecule has 4 nitrogen and oxygen atoms in total. The first-order chi connectivity index (χ1) is 9.15. The van der Waals surface area contributed by atoms with E-state index in [-0.39, 0.29) is 12.3 Å². The summed E-state index contributed by atoms with van der Waals surface area (Å²) in [5.41, 5.74) is 0.983. The highest BCUT2D eigenvalue weighted by molar-refractivity contribution is 5.90. The number of anilines is 1. The van der Waals surface area contributed by atoms with Crippen molar-refractivity contribution in [2.24, 2.45) is 0 Å². The lowest BCUT2D eigenvalue weighted by molar-refractivity contribution is -0.118. The number of carbonyl (C=O) groups is 1. The maximum absolute atomic E-state index is 13.0. The molecule has 5 heteroatoms. The van der Waals surface area contributed by atoms with E-state index in [4.69, 9.17) is 0 Å². The first-order valence-electron chi connectivity index (χ1n) is 5.78. The Morgan fingerprint density at radius 3 is 2.74 bits per heavy atom. The molecule has 1 aromatic carbocycles. The van der Waals surface area contributed by atoms with Gasteiger partial charge in [-0.3, -0.25) is 9.78 Å². The molecule has 0 saturated heterocycles. The molecule has 2 aromatic rings. The Morgan fingerprint density at radius 1 is 1.32 bits per heavy atom. The Balaban J connectivity index is 1.95. The van der Waals surface area contributed by atoms with E-state index in [0.717, 1.165) is 0 Å². The van der Waals surface area contributed by atoms with Gasteiger partial charge in [-0.15, -0.1) is 0 Å². The number of aliphatic hydroxyl groups is 1. The number of nitrogens with one attached hydrogen (secondary N) is 1. The van der Waals surface area contributed by atoms with Gasteiger partial charge in [0.15, 0.2) is 0 Å². The van der Waals surface area contributed by atoms with Gasteiger partial charge in [-0.1, -0.05) is 12.1 Å². The molecule has 98 valence electrons. The summed E-state index contributed by atoms with van der Waals surface area (Å²) in [6, 6.07) is 8.86. The zero-order valence-electron chi connectivity index (χ0n) is 10.1. The molecule has 0 radical (unpaired) electrons. The van der Waals surface area contributed by atoms with Crippen molar-refractivity contribution < 1.29 is 14.3 Å². The van der Waals surface area contributed by atoms with Gasteiger partial charge in [-0.2, -0.15) is 0 Å². The first-order valence-corrected chi connectivity index (χ1v) is 5.78. The molecule has 2 N–H and O–H groups in total. The molecule has 1 atom stereocenters. The summed E-state index contributed by atoms with van der Waals surface area (Å²) in [6.07, 6.45) is 1.95. The molecular formula is C14H13FN2O2. The number of nitrogens with zero attached hydrogens (tertiary/aromatic N) is 1. The van der Waals surface area contributed by atoms with E-state index < -0.39 is 11.9 Å². The fourth-order valence-electron chi connectivity index (χ4n) is 1.65. The standard InChI is InChI=1S/C14H13FN2O2/c15-11-3-1-2-10(8-11)13(18)9-14(19)17-12-4-6-16-7-5-12/h1-8,13,18H,9H2,(H,16,17,19). The molecule has 0 aliphatic carbocycles. The predicted molar refractivity (Wildman–Crippen MR) is 68.8 cm³/mol. The van der Waals surface area contributed by atoms with E-state index in [2.05, 4.69) is 10.3 Å². The van der Waals surface area contributed by atoms with E-state index in [1.165, 1.54) is 18.2 Å². The van der Waals surface area contributed by atoms with Gasteiger partial charge in [0.2, 0.25) is 5.91 Å². The lowest BCUT2D eigenvalue weighted by atomic mass is 10.1. The third-order valence-corrected chi connectivity index (χ3v) is 2.58. The second-order valence-corrected chi connectivity index (χ2v) is 4.06. The zero-order valence-corrected chi connectivity index (χ0v) is 10.1. The van der Waals surface area contributed by atoms with Crippen molar-refractivity contribution in [1.29, 1.82) is 0 Å². The normalized spacial score (nSPS) is 11.9. The fraction of sp³-hybridized carbons (Fsp3) is 0.143. The summed E-state index contributed by atoms with van der Waals surface area (Å²) >= 11 is 0. The summed E-state index contributed by atoms with van der Waals surface area (Å²) in [7, 11) is 0. The minimum Gasteiger partial charge on any atom is -0.388 e. The average Bonchev–Trinajstić information content (AvgIpc) is 2.39. The van der Waals surface area contributed by atoms with Gasteiger partial charge in [0.25, 0.3) is 0 Å². The quantitative estimate of drug-likeness (QED) is 0.886. The smallest absolute Gasteiger partial charge is 0.227 e. The van der Waals surface area contributed by atoms with Crippen LogP contribution in [0.2, 0.25) is 0 Å². The van der Waals surface area contributed by atoms with E-state index in [0.29, 0.717) is 11.3 Å². The molecule has 19 heavy (non-hydrogen) atoms. The number of aromatic nitrogens is 1. The van der Waals surface area contributed by atoms with Gasteiger partial charge in [0, 0.05) is 18.1 Å². The summed E-state index contributed by atoms with van der Waals surface area (Å²) in [6.45, 7) is 0. The highest BCUT2D eigenvalue weighted by Gasteiger charge is 2.13. The Bertz CT molecular complexity index is 560. The number of pyridine rings is 1. The Hall–Kier alpha value is -2.27. The largest absolute Gasteiger partial charge is 0.388 e. The van der Waals surface area contributed by atoms with E-state index in [9.17, 15) is 14.3 Å². The van der Waals surface area contributed by atoms with Crippen molar-refractivity contribution in [1.82, 2.24) is 4.98 Å². The molecule has 2 rings (SSSR count). The maximum Gasteiger partial charge on any atom is 0.227 e. The van der Waals surface area contributed by atoms with Crippen LogP contribution in [-0.2, 0) is 4.79 Å². The Labute approximate surface area is 109 Å². The minimum atomic E-state index is -1.03. The summed E-state index contributed by atoms with van der Waals surface area (Å²) in [5, 5.41) is 12.5. The number of rotatable bonds is 4. The predicted octanol–water partition coefficient (Wildman–Crippen LogP) is 2.28. The maximum atomic E-state index is 13.0. The molecule has 0 aliphatic heterocycles. The van der Waals surface area contributed by atoms with Gasteiger partial charge in [-0.05, 0) is 29.8 Å². The van der Waals surface area contributed by atoms with E-state index in [1.54, 1.807) is 30.6 Å². The third-order valence-electron chi connectivity index (χ3n) is 2.58. The van der Waals surface area contributed by atoms with Crippen molar-refractivity contribution >= 4 is 11.6 Å². The van der Waals surface area contributed by atoms with Crippen LogP contribution in [0.15, 0.2) is 48.8 Å². The van der Waals surface area contributed by atoms with Crippen LogP contribution in [0, 0.1) is 5.82 Å². The summed E-state index contributed by atoms with van der Waals surface area (Å²) < 4.78 is 13.0. The molecule has 0 spiro atoms. The number of carbonyl (C=O) groups excluding carboxylic acids is 1. The van der Waals surface area contributed by atoms with Crippen molar-refractivity contribution in [3.05, 3.63) is 60.2 Å². The molecule has 0 bridgehead atoms. The van der Waals surface area contributed by atoms with Gasteiger partial charge < -0.3 is 10.4 Å². The molecule has 0 fully saturated rings. The van der Waals surface area contributed by atoms with Crippen molar-refractivity contribution in [2.75, 3.05) is 5.32 Å². The first kappa shape index (κ1) is 13.2. The molecular weight excluding hydrogens is 247 g/mol. The van der Waals surface area contributed by atoms with Crippen molar-refractivity contribution in [3.8, 4) is 0 Å². The second kappa shape index (κ2) is 6.06. The number of hydrogen-bond donors (Lipinski definition) is 2. The second-order valence-electron chi connectivity index (χ2n) is 4.06. The van der Waals surface area contributed by atoms with Gasteiger partial charge in [0.1, 0.15) is 5.82 Å². The number of halogens is 1. The van der Waals surface area contributed by atoms with Crippen LogP contribution < -0.4 is 5.32 Å². The number of hydrogen-bond acceptors (Lipinski definition) is 3. The van der Waals surface area contributed by atoms with Crippen LogP contribution >= 0.6 is 0 Å². The monoisotopic (exact) mass is 260 g/mol. The molecule has 1 aromatic heterocycles. The Kier molecular flexibility index (Phi) is 4.20. The Morgan fingerprint density at radius 2 is 2.05 bits per heavy atom. The third kappa shape index (κ3) is 3.86. The fourth-order valence-corrected chi connectivity index (χ4v) is 1.65. The van der Waals surface area contributed by atoms with Crippen LogP contribution in [0.3, 0.4) is 0 Å². The van der Waals surface area contributed by atoms with E-state index in [1.807, 2.05) is 0 Å². The lowest BCUT2D eigenvalue weighted by Gasteiger charge is -2.11. The van der Waals surface area contributed by atoms with Gasteiger partial charge in [-0.25, -0.2) is 4.39 Å². The van der Waals surface area contributed by atoms with Crippen LogP contribution in [0.25, 0.3) is 0 Å². The number of aliphatic hydroxyl groups excluding tert-OH is 1. The van der Waals surface area contributed by atoms with Gasteiger partial charge in [0.05, 0.1) is 12.5 Å². The minimum absolute atomic E-state index is 0.133. The topological polar surface area (TPSA) is 62.2 Å². The van der Waals surface area contributed by atoms with Crippen LogP contribution in [-0.4, -0.2) is 16.0 Å². The van der Waals surface area contributed by atoms with Crippen molar-refractivity contribution in [2.45, 2.75) is 12.5 Å². The van der Waals surface area contributed by atoms with Crippen LogP contribution in [0.4, 0.5) is 10.1 Å². The zero-order chi connectivity index (χ0) is 13.7. The van der Waals surface area contributed by atoms with Gasteiger partial charge >= 0.3 is 0 Å². The van der Waals surface area contributed by atoms with Crippen LogP contribution in [0.1, 0.15) is 18.1 Å². The molecule has 0 saturated carbocycles. The SMILES string of the molecule is O=C(CC(O)c1cccc(F)c1)Nc1ccncc1. The van der Waals surface area contributed by atoms with Crippen molar-refractivity contribution in [3.63, 3.8) is 0 Å².